The van der Waals surface area contributed by atoms with Gasteiger partial charge in [-0.3, -0.25) is 9.59 Å². The third kappa shape index (κ3) is 4.25. The Kier molecular flexibility index (Phi) is 5.88. The molecule has 2 heterocycles. The molecule has 0 unspecified atom stereocenters. The second-order valence-corrected chi connectivity index (χ2v) is 10.9. The molecule has 2 aromatic rings. The normalized spacial score (nSPS) is 18.4. The fourth-order valence-corrected chi connectivity index (χ4v) is 6.07. The number of fused-ring (bicyclic) bond motifs is 2. The number of amides is 2. The number of carbonyl (C=O) groups is 2. The number of sulfone groups is 1. The molecule has 1 atom stereocenters. The molecule has 0 bridgehead atoms. The minimum Gasteiger partial charge on any atom is -0.338 e. The second kappa shape index (κ2) is 8.43. The summed E-state index contributed by atoms with van der Waals surface area (Å²) in [5.41, 5.74) is 2.89. The number of rotatable bonds is 5. The minimum absolute atomic E-state index is 0.0550. The van der Waals surface area contributed by atoms with Gasteiger partial charge in [-0.15, -0.1) is 11.8 Å². The lowest BCUT2D eigenvalue weighted by atomic mass is 10.00. The first kappa shape index (κ1) is 20.9. The van der Waals surface area contributed by atoms with Gasteiger partial charge in [0, 0.05) is 24.4 Å². The van der Waals surface area contributed by atoms with Crippen LogP contribution in [0.4, 0.5) is 5.69 Å². The van der Waals surface area contributed by atoms with E-state index in [2.05, 4.69) is 11.4 Å². The van der Waals surface area contributed by atoms with Crippen LogP contribution in [0.15, 0.2) is 52.3 Å². The van der Waals surface area contributed by atoms with Crippen LogP contribution in [0.25, 0.3) is 0 Å². The van der Waals surface area contributed by atoms with Gasteiger partial charge < -0.3 is 10.2 Å². The quantitative estimate of drug-likeness (QED) is 0.765. The molecular weight excluding hydrogens is 420 g/mol. The SMILES string of the molecule is CC[C@H]1Sc2ccc(S(=O)(=O)CCC(=O)N3CCc4ccccc4C3)cc2NC1=O. The first-order chi connectivity index (χ1) is 14.4. The molecule has 2 aliphatic rings. The Morgan fingerprint density at radius 1 is 1.20 bits per heavy atom. The number of hydrogen-bond donors (Lipinski definition) is 1. The van der Waals surface area contributed by atoms with Crippen LogP contribution in [0.3, 0.4) is 0 Å². The van der Waals surface area contributed by atoms with Crippen LogP contribution in [0, 0.1) is 0 Å². The lowest BCUT2D eigenvalue weighted by Crippen LogP contribution is -2.36. The van der Waals surface area contributed by atoms with Crippen molar-refractivity contribution in [1.82, 2.24) is 4.90 Å². The molecular formula is C22H24N2O4S2. The molecule has 0 radical (unpaired) electrons. The Morgan fingerprint density at radius 2 is 1.97 bits per heavy atom. The van der Waals surface area contributed by atoms with Gasteiger partial charge in [0.1, 0.15) is 0 Å². The molecule has 0 aromatic heterocycles. The highest BCUT2D eigenvalue weighted by molar-refractivity contribution is 8.01. The van der Waals surface area contributed by atoms with E-state index in [4.69, 9.17) is 0 Å². The Balaban J connectivity index is 1.42. The van der Waals surface area contributed by atoms with E-state index in [0.717, 1.165) is 16.9 Å². The smallest absolute Gasteiger partial charge is 0.237 e. The highest BCUT2D eigenvalue weighted by Crippen LogP contribution is 2.38. The van der Waals surface area contributed by atoms with E-state index in [1.807, 2.05) is 25.1 Å². The topological polar surface area (TPSA) is 83.6 Å². The summed E-state index contributed by atoms with van der Waals surface area (Å²) < 4.78 is 25.6. The summed E-state index contributed by atoms with van der Waals surface area (Å²) in [6.07, 6.45) is 1.44. The molecule has 2 aromatic carbocycles. The summed E-state index contributed by atoms with van der Waals surface area (Å²) in [6.45, 7) is 3.07. The van der Waals surface area contributed by atoms with Crippen LogP contribution in [-0.2, 0) is 32.4 Å². The van der Waals surface area contributed by atoms with Crippen LogP contribution in [0.2, 0.25) is 0 Å². The molecule has 0 saturated heterocycles. The van der Waals surface area contributed by atoms with E-state index in [1.54, 1.807) is 17.0 Å². The maximum atomic E-state index is 12.8. The van der Waals surface area contributed by atoms with Gasteiger partial charge in [-0.25, -0.2) is 8.42 Å². The van der Waals surface area contributed by atoms with Gasteiger partial charge in [0.05, 0.1) is 21.6 Å². The number of nitrogens with one attached hydrogen (secondary N) is 1. The van der Waals surface area contributed by atoms with Gasteiger partial charge >= 0.3 is 0 Å². The van der Waals surface area contributed by atoms with Crippen LogP contribution in [0.5, 0.6) is 0 Å². The van der Waals surface area contributed by atoms with Crippen molar-refractivity contribution in [3.63, 3.8) is 0 Å². The zero-order chi connectivity index (χ0) is 21.3. The number of nitrogens with zero attached hydrogens (tertiary/aromatic N) is 1. The minimum atomic E-state index is -3.63. The molecule has 0 saturated carbocycles. The Morgan fingerprint density at radius 3 is 2.73 bits per heavy atom. The zero-order valence-corrected chi connectivity index (χ0v) is 18.4. The number of carbonyl (C=O) groups excluding carboxylic acids is 2. The summed E-state index contributed by atoms with van der Waals surface area (Å²) in [5.74, 6) is -0.507. The van der Waals surface area contributed by atoms with Crippen molar-refractivity contribution in [3.05, 3.63) is 53.6 Å². The molecule has 6 nitrogen and oxygen atoms in total. The maximum absolute atomic E-state index is 12.8. The number of thioether (sulfide) groups is 1. The number of benzene rings is 2. The van der Waals surface area contributed by atoms with Crippen LogP contribution >= 0.6 is 11.8 Å². The monoisotopic (exact) mass is 444 g/mol. The van der Waals surface area contributed by atoms with E-state index in [-0.39, 0.29) is 34.1 Å². The van der Waals surface area contributed by atoms with E-state index in [0.29, 0.717) is 25.2 Å². The van der Waals surface area contributed by atoms with Crippen LogP contribution in [0.1, 0.15) is 30.9 Å². The van der Waals surface area contributed by atoms with E-state index < -0.39 is 9.84 Å². The highest BCUT2D eigenvalue weighted by Gasteiger charge is 2.28. The van der Waals surface area contributed by atoms with Crippen LogP contribution in [-0.4, -0.2) is 42.7 Å². The average Bonchev–Trinajstić information content (AvgIpc) is 2.76. The molecule has 2 aliphatic heterocycles. The van der Waals surface area contributed by atoms with Crippen molar-refractivity contribution in [2.24, 2.45) is 0 Å². The summed E-state index contributed by atoms with van der Waals surface area (Å²) in [4.78, 5) is 27.5. The van der Waals surface area contributed by atoms with Crippen molar-refractivity contribution in [1.29, 1.82) is 0 Å². The van der Waals surface area contributed by atoms with Crippen molar-refractivity contribution < 1.29 is 18.0 Å². The average molecular weight is 445 g/mol. The zero-order valence-electron chi connectivity index (χ0n) is 16.8. The lowest BCUT2D eigenvalue weighted by Gasteiger charge is -2.29. The molecule has 8 heteroatoms. The lowest BCUT2D eigenvalue weighted by molar-refractivity contribution is -0.131. The third-order valence-corrected chi connectivity index (χ3v) is 8.72. The predicted octanol–water partition coefficient (Wildman–Crippen LogP) is 3.26. The third-order valence-electron chi connectivity index (χ3n) is 5.57. The molecule has 158 valence electrons. The first-order valence-corrected chi connectivity index (χ1v) is 12.6. The summed E-state index contributed by atoms with van der Waals surface area (Å²) in [7, 11) is -3.63. The molecule has 1 N–H and O–H groups in total. The van der Waals surface area contributed by atoms with Gasteiger partial charge in [-0.2, -0.15) is 0 Å². The fourth-order valence-electron chi connectivity index (χ4n) is 3.80. The fraction of sp³-hybridized carbons (Fsp3) is 0.364. The van der Waals surface area contributed by atoms with Gasteiger partial charge in [0.15, 0.2) is 9.84 Å². The van der Waals surface area contributed by atoms with E-state index in [9.17, 15) is 18.0 Å². The number of anilines is 1. The molecule has 4 rings (SSSR count). The second-order valence-electron chi connectivity index (χ2n) is 7.56. The van der Waals surface area contributed by atoms with Crippen molar-refractivity contribution in [2.45, 2.75) is 47.8 Å². The van der Waals surface area contributed by atoms with Crippen molar-refractivity contribution in [2.75, 3.05) is 17.6 Å². The first-order valence-electron chi connectivity index (χ1n) is 10.1. The van der Waals surface area contributed by atoms with Gasteiger partial charge in [0.25, 0.3) is 0 Å². The van der Waals surface area contributed by atoms with Gasteiger partial charge in [-0.1, -0.05) is 31.2 Å². The van der Waals surface area contributed by atoms with Gasteiger partial charge in [0.2, 0.25) is 11.8 Å². The Bertz CT molecular complexity index is 1100. The van der Waals surface area contributed by atoms with Gasteiger partial charge in [-0.05, 0) is 42.2 Å². The molecule has 0 spiro atoms. The van der Waals surface area contributed by atoms with Crippen molar-refractivity contribution in [3.8, 4) is 0 Å². The number of hydrogen-bond acceptors (Lipinski definition) is 5. The maximum Gasteiger partial charge on any atom is 0.237 e. The predicted molar refractivity (Wildman–Crippen MR) is 117 cm³/mol. The highest BCUT2D eigenvalue weighted by atomic mass is 32.2. The molecule has 30 heavy (non-hydrogen) atoms. The molecule has 0 fully saturated rings. The molecule has 2 amide bonds. The summed E-state index contributed by atoms with van der Waals surface area (Å²) in [6, 6.07) is 12.8. The summed E-state index contributed by atoms with van der Waals surface area (Å²) >= 11 is 1.45. The van der Waals surface area contributed by atoms with E-state index >= 15 is 0 Å². The summed E-state index contributed by atoms with van der Waals surface area (Å²) in [5, 5.41) is 2.64. The Hall–Kier alpha value is -2.32. The van der Waals surface area contributed by atoms with Crippen LogP contribution < -0.4 is 5.32 Å². The molecule has 0 aliphatic carbocycles. The Labute approximate surface area is 181 Å². The van der Waals surface area contributed by atoms with Crippen molar-refractivity contribution >= 4 is 39.1 Å². The van der Waals surface area contributed by atoms with E-state index in [1.165, 1.54) is 23.4 Å². The largest absolute Gasteiger partial charge is 0.338 e. The standard InChI is InChI=1S/C22H24N2O4S2/c1-2-19-22(26)23-18-13-17(7-8-20(18)29-19)30(27,28)12-10-21(25)24-11-9-15-5-3-4-6-16(15)14-24/h3-8,13,19H,2,9-12,14H2,1H3,(H,23,26)/t19-/m1/s1.